The van der Waals surface area contributed by atoms with Crippen LogP contribution in [-0.2, 0) is 47.9 Å². The Labute approximate surface area is 536 Å². The smallest absolute Gasteiger partial charge is 0.262 e. The van der Waals surface area contributed by atoms with E-state index < -0.39 is 0 Å². The van der Waals surface area contributed by atoms with Crippen LogP contribution in [0.15, 0.2) is 127 Å². The molecule has 468 valence electrons. The second-order valence-corrected chi connectivity index (χ2v) is 23.1. The summed E-state index contributed by atoms with van der Waals surface area (Å²) >= 11 is 17.9. The molecule has 0 atom stereocenters. The Morgan fingerprint density at radius 3 is 0.822 bits per heavy atom. The maximum absolute atomic E-state index is 13.3. The van der Waals surface area contributed by atoms with Crippen LogP contribution in [0.1, 0.15) is 64.8 Å². The Bertz CT molecular complexity index is 3720. The molecule has 6 heterocycles. The number of rotatable bonds is 12. The molecule has 0 bridgehead atoms. The van der Waals surface area contributed by atoms with Crippen molar-refractivity contribution in [3.05, 3.63) is 193 Å². The van der Waals surface area contributed by atoms with Gasteiger partial charge in [0.15, 0.2) is 0 Å². The molecule has 90 heavy (non-hydrogen) atoms. The largest absolute Gasteiger partial charge is 0.497 e. The van der Waals surface area contributed by atoms with Crippen LogP contribution in [0.25, 0.3) is 32.7 Å². The summed E-state index contributed by atoms with van der Waals surface area (Å²) in [6.07, 6.45) is 0.656. The lowest BCUT2D eigenvalue weighted by molar-refractivity contribution is -0.135. The number of ether oxygens (including phenoxy) is 6. The Hall–Kier alpha value is -8.49. The van der Waals surface area contributed by atoms with Gasteiger partial charge in [-0.05, 0) is 165 Å². The summed E-state index contributed by atoms with van der Waals surface area (Å²) < 4.78 is 37.2. The van der Waals surface area contributed by atoms with Crippen LogP contribution in [0.3, 0.4) is 0 Å². The summed E-state index contributed by atoms with van der Waals surface area (Å²) in [5.41, 5.74) is 8.59. The zero-order valence-electron chi connectivity index (χ0n) is 50.9. The van der Waals surface area contributed by atoms with Crippen LogP contribution in [0.5, 0.6) is 17.2 Å². The first-order valence-electron chi connectivity index (χ1n) is 29.5. The van der Waals surface area contributed by atoms with Gasteiger partial charge in [-0.25, -0.2) is 0 Å². The lowest BCUT2D eigenvalue weighted by Gasteiger charge is -2.27. The lowest BCUT2D eigenvalue weighted by Crippen LogP contribution is -2.41. The van der Waals surface area contributed by atoms with E-state index in [0.29, 0.717) is 128 Å². The Balaban J connectivity index is 0.000000148. The van der Waals surface area contributed by atoms with Gasteiger partial charge in [-0.3, -0.25) is 42.5 Å². The molecule has 3 saturated heterocycles. The fourth-order valence-corrected chi connectivity index (χ4v) is 12.0. The number of carbonyl (C=O) groups excluding carboxylic acids is 6. The van der Waals surface area contributed by atoms with E-state index in [-0.39, 0.29) is 54.7 Å². The van der Waals surface area contributed by atoms with E-state index >= 15 is 0 Å². The average molecular weight is 1280 g/mol. The molecule has 3 amide bonds. The van der Waals surface area contributed by atoms with Crippen LogP contribution < -0.4 is 14.2 Å². The third kappa shape index (κ3) is 14.1. The van der Waals surface area contributed by atoms with E-state index in [0.717, 1.165) is 66.5 Å². The molecule has 0 spiro atoms. The number of aromatic nitrogens is 3. The van der Waals surface area contributed by atoms with Crippen molar-refractivity contribution in [3.63, 3.8) is 0 Å². The molecule has 0 saturated carbocycles. The normalized spacial score (nSPS) is 14.2. The lowest BCUT2D eigenvalue weighted by atomic mass is 10.1. The molecule has 3 aromatic heterocycles. The summed E-state index contributed by atoms with van der Waals surface area (Å²) in [5.74, 6) is 1.64. The molecule has 3 aliphatic heterocycles. The monoisotopic (exact) mass is 1280 g/mol. The summed E-state index contributed by atoms with van der Waals surface area (Å²) in [6, 6.07) is 37.1. The van der Waals surface area contributed by atoms with Crippen molar-refractivity contribution >= 4 is 103 Å². The number of morpholine rings is 3. The van der Waals surface area contributed by atoms with Crippen LogP contribution in [-0.4, -0.2) is 164 Å². The second-order valence-electron chi connectivity index (χ2n) is 21.8. The summed E-state index contributed by atoms with van der Waals surface area (Å²) in [5, 5.41) is 4.24. The first kappa shape index (κ1) is 64.5. The number of halogens is 3. The van der Waals surface area contributed by atoms with Gasteiger partial charge in [0.25, 0.3) is 17.7 Å². The summed E-state index contributed by atoms with van der Waals surface area (Å²) in [6.45, 7) is 12.5. The minimum Gasteiger partial charge on any atom is -0.497 e. The number of amides is 3. The molecule has 3 fully saturated rings. The van der Waals surface area contributed by atoms with E-state index in [2.05, 4.69) is 0 Å². The van der Waals surface area contributed by atoms with Gasteiger partial charge in [-0.2, -0.15) is 0 Å². The zero-order valence-corrected chi connectivity index (χ0v) is 53.2. The Kier molecular flexibility index (Phi) is 20.8. The first-order valence-corrected chi connectivity index (χ1v) is 30.6. The van der Waals surface area contributed by atoms with Crippen LogP contribution in [0.4, 0.5) is 0 Å². The van der Waals surface area contributed by atoms with Gasteiger partial charge in [0.1, 0.15) is 17.2 Å². The van der Waals surface area contributed by atoms with Gasteiger partial charge < -0.3 is 43.1 Å². The molecule has 3 aliphatic rings. The highest BCUT2D eigenvalue weighted by molar-refractivity contribution is 6.31. The van der Waals surface area contributed by atoms with Gasteiger partial charge >= 0.3 is 0 Å². The second kappa shape index (κ2) is 29.0. The van der Waals surface area contributed by atoms with Crippen molar-refractivity contribution in [1.29, 1.82) is 0 Å². The third-order valence-electron chi connectivity index (χ3n) is 16.6. The molecule has 0 N–H and O–H groups in total. The number of fused-ring (bicyclic) bond motifs is 3. The topological polar surface area (TPSA) is 182 Å². The van der Waals surface area contributed by atoms with Gasteiger partial charge in [0.05, 0.1) is 96.8 Å². The highest BCUT2D eigenvalue weighted by Crippen LogP contribution is 2.35. The maximum Gasteiger partial charge on any atom is 0.262 e. The molecular weight excluding hydrogens is 1210 g/mol. The fraction of sp³-hybridized carbons (Fsp3) is 0.304. The number of carbonyl (C=O) groups is 6. The minimum absolute atomic E-state index is 0.0298. The number of benzene rings is 6. The van der Waals surface area contributed by atoms with E-state index in [9.17, 15) is 28.8 Å². The van der Waals surface area contributed by atoms with E-state index in [1.807, 2.05) is 90.1 Å². The van der Waals surface area contributed by atoms with Crippen molar-refractivity contribution in [2.45, 2.75) is 40.0 Å². The average Bonchev–Trinajstić information content (AvgIpc) is 2.09. The van der Waals surface area contributed by atoms with Crippen molar-refractivity contribution in [3.8, 4) is 17.2 Å². The van der Waals surface area contributed by atoms with Crippen LogP contribution in [0, 0.1) is 20.8 Å². The molecule has 0 unspecified atom stereocenters. The predicted molar refractivity (Wildman–Crippen MR) is 347 cm³/mol. The van der Waals surface area contributed by atoms with Crippen LogP contribution >= 0.6 is 34.8 Å². The minimum atomic E-state index is -0.163. The SMILES string of the molecule is COc1ccc2c(c1)c(CC(=O)N1CCOCC1)c(C)n2C(=O)c1ccc(Cl)cc1.COc1ccc2c(c1)c(CC(=O)N1CCOCC1)c(C)n2C(=O)c1ccc(Cl)cc1.COc1ccc2c(c1)c(CC(=O)N1CCOCC1)c(C)n2C(=O)c1ccc(Cl)cc1. The molecule has 6 aromatic carbocycles. The number of hydrogen-bond donors (Lipinski definition) is 0. The van der Waals surface area contributed by atoms with E-state index in [4.69, 9.17) is 63.2 Å². The quantitative estimate of drug-likeness (QED) is 0.113. The van der Waals surface area contributed by atoms with E-state index in [1.165, 1.54) is 0 Å². The van der Waals surface area contributed by atoms with Gasteiger partial charge in [-0.15, -0.1) is 0 Å². The predicted octanol–water partition coefficient (Wildman–Crippen LogP) is 11.1. The van der Waals surface area contributed by atoms with Gasteiger partial charge in [0, 0.05) is 104 Å². The number of nitrogens with zero attached hydrogens (tertiary/aromatic N) is 6. The molecular formula is C69H69Cl3N6O12. The van der Waals surface area contributed by atoms with Crippen LogP contribution in [0.2, 0.25) is 15.1 Å². The highest BCUT2D eigenvalue weighted by Gasteiger charge is 2.29. The number of methoxy groups -OCH3 is 3. The molecule has 18 nitrogen and oxygen atoms in total. The van der Waals surface area contributed by atoms with Gasteiger partial charge in [-0.1, -0.05) is 34.8 Å². The maximum atomic E-state index is 13.3. The zero-order chi connectivity index (χ0) is 63.8. The Morgan fingerprint density at radius 1 is 0.367 bits per heavy atom. The first-order chi connectivity index (χ1) is 43.5. The number of hydrogen-bond acceptors (Lipinski definition) is 12. The molecule has 9 aromatic rings. The van der Waals surface area contributed by atoms with Crippen molar-refractivity contribution in [2.75, 3.05) is 100 Å². The van der Waals surface area contributed by atoms with Crippen molar-refractivity contribution in [1.82, 2.24) is 28.4 Å². The van der Waals surface area contributed by atoms with Crippen molar-refractivity contribution < 1.29 is 57.2 Å². The standard InChI is InChI=1S/3C23H23ClN2O4/c3*1-15-19(14-22(27)25-9-11-30-12-10-25)20-13-18(29-2)7-8-21(20)26(15)23(28)16-3-5-17(24)6-4-16/h3*3-8,13H,9-12,14H2,1-2H3. The summed E-state index contributed by atoms with van der Waals surface area (Å²) in [7, 11) is 4.80. The third-order valence-corrected chi connectivity index (χ3v) is 17.3. The highest BCUT2D eigenvalue weighted by atomic mass is 35.5. The molecule has 21 heteroatoms. The molecule has 0 radical (unpaired) electrons. The Morgan fingerprint density at radius 2 is 0.600 bits per heavy atom. The van der Waals surface area contributed by atoms with Gasteiger partial charge in [0.2, 0.25) is 17.7 Å². The summed E-state index contributed by atoms with van der Waals surface area (Å²) in [4.78, 5) is 84.2. The molecule has 0 aliphatic carbocycles. The molecule has 12 rings (SSSR count). The van der Waals surface area contributed by atoms with Crippen molar-refractivity contribution in [2.24, 2.45) is 0 Å². The van der Waals surface area contributed by atoms with E-state index in [1.54, 1.807) is 108 Å². The fourth-order valence-electron chi connectivity index (χ4n) is 11.6.